The van der Waals surface area contributed by atoms with Crippen molar-refractivity contribution >= 4 is 11.9 Å². The number of rotatable bonds is 2. The van der Waals surface area contributed by atoms with Crippen molar-refractivity contribution in [3.8, 4) is 0 Å². The molecule has 4 nitrogen and oxygen atoms in total. The Balaban J connectivity index is 1.56. The summed E-state index contributed by atoms with van der Waals surface area (Å²) in [5.74, 6) is 0.779. The molecule has 0 heterocycles. The fourth-order valence-electron chi connectivity index (χ4n) is 7.47. The fraction of sp³-hybridized carbons (Fsp3) is 0.846. The zero-order valence-corrected chi connectivity index (χ0v) is 20.1. The van der Waals surface area contributed by atoms with Crippen LogP contribution in [0.3, 0.4) is 0 Å². The van der Waals surface area contributed by atoms with E-state index in [4.69, 9.17) is 9.47 Å². The maximum Gasteiger partial charge on any atom is 0.311 e. The van der Waals surface area contributed by atoms with Gasteiger partial charge in [-0.05, 0) is 88.0 Å². The van der Waals surface area contributed by atoms with Crippen LogP contribution in [-0.2, 0) is 19.1 Å². The van der Waals surface area contributed by atoms with Gasteiger partial charge in [-0.1, -0.05) is 13.8 Å². The number of esters is 2. The van der Waals surface area contributed by atoms with Crippen LogP contribution in [0.4, 0.5) is 4.39 Å². The average Bonchev–Trinajstić information content (AvgIpc) is 2.98. The molecule has 0 aliphatic heterocycles. The normalized spacial score (nSPS) is 42.4. The van der Waals surface area contributed by atoms with Gasteiger partial charge >= 0.3 is 11.9 Å². The molecule has 0 aromatic rings. The van der Waals surface area contributed by atoms with Crippen LogP contribution in [0, 0.1) is 34.0 Å². The zero-order chi connectivity index (χ0) is 22.8. The molecule has 1 unspecified atom stereocenters. The molecule has 3 saturated carbocycles. The Bertz CT molecular complexity index is 796. The van der Waals surface area contributed by atoms with E-state index in [1.165, 1.54) is 6.92 Å². The van der Waals surface area contributed by atoms with Gasteiger partial charge in [0.2, 0.25) is 0 Å². The van der Waals surface area contributed by atoms with Gasteiger partial charge in [0.05, 0.1) is 5.41 Å². The maximum absolute atomic E-state index is 15.6. The third-order valence-electron chi connectivity index (χ3n) is 9.21. The van der Waals surface area contributed by atoms with Crippen LogP contribution in [0.1, 0.15) is 92.9 Å². The van der Waals surface area contributed by atoms with Crippen molar-refractivity contribution in [1.29, 1.82) is 0 Å². The van der Waals surface area contributed by atoms with E-state index in [1.54, 1.807) is 0 Å². The fourth-order valence-corrected chi connectivity index (χ4v) is 7.47. The van der Waals surface area contributed by atoms with Crippen LogP contribution >= 0.6 is 0 Å². The highest BCUT2D eigenvalue weighted by atomic mass is 19.1. The average molecular weight is 435 g/mol. The van der Waals surface area contributed by atoms with E-state index < -0.39 is 5.41 Å². The Morgan fingerprint density at radius 1 is 0.968 bits per heavy atom. The first-order valence-corrected chi connectivity index (χ1v) is 12.1. The van der Waals surface area contributed by atoms with Gasteiger partial charge in [0.1, 0.15) is 18.0 Å². The summed E-state index contributed by atoms with van der Waals surface area (Å²) in [5, 5.41) is 0. The summed E-state index contributed by atoms with van der Waals surface area (Å²) in [7, 11) is 0. The summed E-state index contributed by atoms with van der Waals surface area (Å²) in [4.78, 5) is 24.0. The van der Waals surface area contributed by atoms with Crippen molar-refractivity contribution in [1.82, 2.24) is 0 Å². The van der Waals surface area contributed by atoms with Crippen LogP contribution < -0.4 is 0 Å². The lowest BCUT2D eigenvalue weighted by Gasteiger charge is -2.58. The van der Waals surface area contributed by atoms with Gasteiger partial charge in [-0.25, -0.2) is 4.39 Å². The molecule has 0 saturated heterocycles. The second-order valence-corrected chi connectivity index (χ2v) is 12.1. The smallest absolute Gasteiger partial charge is 0.311 e. The number of fused-ring (bicyclic) bond motifs is 5. The molecule has 0 radical (unpaired) electrons. The summed E-state index contributed by atoms with van der Waals surface area (Å²) in [6.07, 6.45) is 6.43. The van der Waals surface area contributed by atoms with Crippen molar-refractivity contribution in [3.63, 3.8) is 0 Å². The molecule has 4 rings (SSSR count). The monoisotopic (exact) mass is 434 g/mol. The summed E-state index contributed by atoms with van der Waals surface area (Å²) in [5.41, 5.74) is 0.170. The lowest BCUT2D eigenvalue weighted by molar-refractivity contribution is -0.161. The van der Waals surface area contributed by atoms with Gasteiger partial charge < -0.3 is 9.47 Å². The molecule has 0 N–H and O–H groups in total. The van der Waals surface area contributed by atoms with Gasteiger partial charge in [-0.15, -0.1) is 0 Å². The van der Waals surface area contributed by atoms with Crippen LogP contribution in [0.5, 0.6) is 0 Å². The van der Waals surface area contributed by atoms with Gasteiger partial charge in [-0.2, -0.15) is 0 Å². The topological polar surface area (TPSA) is 52.6 Å². The molecule has 0 aromatic heterocycles. The highest BCUT2D eigenvalue weighted by molar-refractivity contribution is 5.75. The molecule has 5 heteroatoms. The van der Waals surface area contributed by atoms with Crippen LogP contribution in [0.2, 0.25) is 0 Å². The van der Waals surface area contributed by atoms with E-state index in [0.29, 0.717) is 30.6 Å². The number of halogens is 1. The van der Waals surface area contributed by atoms with E-state index in [2.05, 4.69) is 13.8 Å². The summed E-state index contributed by atoms with van der Waals surface area (Å²) >= 11 is 0. The second-order valence-electron chi connectivity index (χ2n) is 12.1. The lowest BCUT2D eigenvalue weighted by Crippen LogP contribution is -2.52. The molecule has 0 aromatic carbocycles. The molecule has 3 fully saturated rings. The molecule has 4 aliphatic rings. The summed E-state index contributed by atoms with van der Waals surface area (Å²) < 4.78 is 27.1. The van der Waals surface area contributed by atoms with Crippen molar-refractivity contribution in [2.24, 2.45) is 34.0 Å². The number of ether oxygens (including phenoxy) is 2. The zero-order valence-electron chi connectivity index (χ0n) is 20.1. The maximum atomic E-state index is 15.6. The Hall–Kier alpha value is -1.39. The van der Waals surface area contributed by atoms with Gasteiger partial charge in [0, 0.05) is 25.2 Å². The van der Waals surface area contributed by atoms with E-state index in [9.17, 15) is 9.59 Å². The lowest BCUT2D eigenvalue weighted by atomic mass is 9.47. The molecular weight excluding hydrogens is 395 g/mol. The third-order valence-corrected chi connectivity index (χ3v) is 9.21. The molecule has 174 valence electrons. The van der Waals surface area contributed by atoms with E-state index in [0.717, 1.165) is 44.1 Å². The summed E-state index contributed by atoms with van der Waals surface area (Å²) in [6, 6.07) is 0. The highest BCUT2D eigenvalue weighted by Gasteiger charge is 2.61. The Kier molecular flexibility index (Phi) is 5.58. The molecule has 0 spiro atoms. The first kappa shape index (κ1) is 22.8. The van der Waals surface area contributed by atoms with Gasteiger partial charge in [-0.3, -0.25) is 9.59 Å². The minimum absolute atomic E-state index is 0.0282. The molecule has 4 aliphatic carbocycles. The Labute approximate surface area is 186 Å². The second kappa shape index (κ2) is 7.59. The van der Waals surface area contributed by atoms with Crippen LogP contribution in [0.15, 0.2) is 11.4 Å². The van der Waals surface area contributed by atoms with Crippen molar-refractivity contribution in [2.75, 3.05) is 0 Å². The standard InChI is InChI=1S/C26H39FO4/c1-15(28)30-22-8-7-18-17-14-21(27)20-13-16(31-23(29)24(2,3)4)9-11-25(20,5)19(17)10-12-26(18,22)6/h16-19,22H,7-14H2,1-6H3/t16-,17-,18-,19-,22?,25+,26-/m0/s1. The molecule has 7 atom stereocenters. The van der Waals surface area contributed by atoms with Gasteiger partial charge in [0.25, 0.3) is 0 Å². The van der Waals surface area contributed by atoms with E-state index >= 15 is 4.39 Å². The quantitative estimate of drug-likeness (QED) is 0.490. The number of hydrogen-bond acceptors (Lipinski definition) is 4. The van der Waals surface area contributed by atoms with Crippen molar-refractivity contribution in [3.05, 3.63) is 11.4 Å². The minimum atomic E-state index is -0.542. The molecule has 31 heavy (non-hydrogen) atoms. The highest BCUT2D eigenvalue weighted by Crippen LogP contribution is 2.66. The Morgan fingerprint density at radius 2 is 1.68 bits per heavy atom. The summed E-state index contributed by atoms with van der Waals surface area (Å²) in [6.45, 7) is 11.6. The SMILES string of the molecule is CC(=O)OC1CC[C@H]2[C@@H]3CC(F)=C4C[C@@H](OC(=O)C(C)(C)C)CC[C@]4(C)[C@H]3CC[C@]12C. The molecular formula is C26H39FO4. The minimum Gasteiger partial charge on any atom is -0.462 e. The predicted molar refractivity (Wildman–Crippen MR) is 117 cm³/mol. The first-order chi connectivity index (χ1) is 14.4. The third kappa shape index (κ3) is 3.74. The number of carbonyl (C=O) groups is 2. The number of carbonyl (C=O) groups excluding carboxylic acids is 2. The van der Waals surface area contributed by atoms with Crippen LogP contribution in [0.25, 0.3) is 0 Å². The van der Waals surface area contributed by atoms with Crippen molar-refractivity contribution in [2.45, 2.75) is 105 Å². The molecule has 0 amide bonds. The van der Waals surface area contributed by atoms with Crippen molar-refractivity contribution < 1.29 is 23.5 Å². The first-order valence-electron chi connectivity index (χ1n) is 12.1. The van der Waals surface area contributed by atoms with Crippen LogP contribution in [-0.4, -0.2) is 24.1 Å². The predicted octanol–water partition coefficient (Wildman–Crippen LogP) is 6.14. The number of allylic oxidation sites excluding steroid dienone is 1. The van der Waals surface area contributed by atoms with E-state index in [-0.39, 0.29) is 40.8 Å². The molecule has 0 bridgehead atoms. The van der Waals surface area contributed by atoms with E-state index in [1.807, 2.05) is 20.8 Å². The largest absolute Gasteiger partial charge is 0.462 e. The Morgan fingerprint density at radius 3 is 2.32 bits per heavy atom. The number of hydrogen-bond donors (Lipinski definition) is 0. The van der Waals surface area contributed by atoms with Gasteiger partial charge in [0.15, 0.2) is 0 Å².